The van der Waals surface area contributed by atoms with Crippen LogP contribution < -0.4 is 11.1 Å². The Morgan fingerprint density at radius 1 is 1.62 bits per heavy atom. The molecule has 0 saturated carbocycles. The monoisotopic (exact) mass is 180 g/mol. The normalized spacial score (nSPS) is 14.2. The lowest BCUT2D eigenvalue weighted by atomic mass is 10.0. The van der Waals surface area contributed by atoms with Crippen molar-refractivity contribution < 1.29 is 9.18 Å². The van der Waals surface area contributed by atoms with E-state index in [4.69, 9.17) is 5.73 Å². The number of aryl methyl sites for hydroxylation is 1. The van der Waals surface area contributed by atoms with Gasteiger partial charge in [-0.1, -0.05) is 0 Å². The molecular weight excluding hydrogens is 171 g/mol. The van der Waals surface area contributed by atoms with Gasteiger partial charge in [0.25, 0.3) is 5.91 Å². The predicted molar refractivity (Wildman–Crippen MR) is 46.7 cm³/mol. The van der Waals surface area contributed by atoms with Gasteiger partial charge in [-0.2, -0.15) is 0 Å². The molecule has 4 heteroatoms. The minimum absolute atomic E-state index is 0.0457. The molecule has 0 saturated heterocycles. The summed E-state index contributed by atoms with van der Waals surface area (Å²) in [5.74, 6) is -0.802. The molecule has 0 fully saturated rings. The summed E-state index contributed by atoms with van der Waals surface area (Å²) in [5.41, 5.74) is 7.29. The van der Waals surface area contributed by atoms with Gasteiger partial charge in [-0.15, -0.1) is 0 Å². The maximum Gasteiger partial charge on any atom is 0.254 e. The van der Waals surface area contributed by atoms with Crippen LogP contribution in [0.25, 0.3) is 0 Å². The highest BCUT2D eigenvalue weighted by Gasteiger charge is 2.25. The highest BCUT2D eigenvalue weighted by molar-refractivity contribution is 6.03. The van der Waals surface area contributed by atoms with Crippen molar-refractivity contribution in [3.05, 3.63) is 28.6 Å². The number of hydrogen-bond acceptors (Lipinski definition) is 2. The summed E-state index contributed by atoms with van der Waals surface area (Å²) in [6.45, 7) is 2.21. The molecule has 0 aliphatic carbocycles. The first-order chi connectivity index (χ1) is 6.11. The van der Waals surface area contributed by atoms with Crippen LogP contribution >= 0.6 is 0 Å². The average molecular weight is 180 g/mol. The van der Waals surface area contributed by atoms with E-state index >= 15 is 0 Å². The molecule has 1 aromatic rings. The molecule has 0 atom stereocenters. The molecule has 1 heterocycles. The molecule has 0 spiro atoms. The molecule has 13 heavy (non-hydrogen) atoms. The van der Waals surface area contributed by atoms with Crippen LogP contribution in [0.5, 0.6) is 0 Å². The van der Waals surface area contributed by atoms with Gasteiger partial charge in [0.05, 0.1) is 11.3 Å². The van der Waals surface area contributed by atoms with Crippen molar-refractivity contribution in [2.75, 3.05) is 5.73 Å². The number of carbonyl (C=O) groups excluding carboxylic acids is 1. The largest absolute Gasteiger partial charge is 0.396 e. The second-order valence-corrected chi connectivity index (χ2v) is 3.13. The number of fused-ring (bicyclic) bond motifs is 1. The fourth-order valence-corrected chi connectivity index (χ4v) is 1.58. The lowest BCUT2D eigenvalue weighted by molar-refractivity contribution is 0.0966. The summed E-state index contributed by atoms with van der Waals surface area (Å²) in [6, 6.07) is 1.36. The van der Waals surface area contributed by atoms with E-state index in [2.05, 4.69) is 5.32 Å². The number of rotatable bonds is 0. The molecule has 3 N–H and O–H groups in total. The zero-order valence-electron chi connectivity index (χ0n) is 7.15. The summed E-state index contributed by atoms with van der Waals surface area (Å²) < 4.78 is 13.1. The van der Waals surface area contributed by atoms with Crippen molar-refractivity contribution >= 4 is 11.6 Å². The average Bonchev–Trinajstić information content (AvgIpc) is 2.44. The summed E-state index contributed by atoms with van der Waals surface area (Å²) >= 11 is 0. The second-order valence-electron chi connectivity index (χ2n) is 3.13. The number of anilines is 1. The maximum atomic E-state index is 13.1. The predicted octanol–water partition coefficient (Wildman–Crippen LogP) is 0.960. The number of carbonyl (C=O) groups is 1. The smallest absolute Gasteiger partial charge is 0.254 e. The Labute approximate surface area is 74.7 Å². The van der Waals surface area contributed by atoms with Crippen LogP contribution in [0.4, 0.5) is 10.1 Å². The number of amides is 1. The third kappa shape index (κ3) is 0.983. The van der Waals surface area contributed by atoms with E-state index < -0.39 is 5.82 Å². The minimum Gasteiger partial charge on any atom is -0.396 e. The van der Waals surface area contributed by atoms with Crippen LogP contribution in [-0.4, -0.2) is 5.91 Å². The van der Waals surface area contributed by atoms with Crippen LogP contribution in [0.3, 0.4) is 0 Å². The van der Waals surface area contributed by atoms with E-state index in [1.54, 1.807) is 6.92 Å². The van der Waals surface area contributed by atoms with Gasteiger partial charge < -0.3 is 11.1 Å². The second kappa shape index (κ2) is 2.45. The fourth-order valence-electron chi connectivity index (χ4n) is 1.58. The molecular formula is C9H9FN2O. The number of hydrogen-bond donors (Lipinski definition) is 2. The van der Waals surface area contributed by atoms with Crippen LogP contribution in [0.1, 0.15) is 21.5 Å². The Bertz CT molecular complexity index is 401. The Kier molecular flexibility index (Phi) is 1.52. The molecule has 0 bridgehead atoms. The summed E-state index contributed by atoms with van der Waals surface area (Å²) in [5, 5.41) is 2.61. The Morgan fingerprint density at radius 2 is 2.31 bits per heavy atom. The lowest BCUT2D eigenvalue weighted by Crippen LogP contribution is -2.14. The molecule has 0 aromatic heterocycles. The topological polar surface area (TPSA) is 55.1 Å². The maximum absolute atomic E-state index is 13.1. The number of nitrogen functional groups attached to an aromatic ring is 1. The molecule has 1 aromatic carbocycles. The van der Waals surface area contributed by atoms with Crippen molar-refractivity contribution in [1.29, 1.82) is 0 Å². The van der Waals surface area contributed by atoms with E-state index in [0.717, 1.165) is 11.1 Å². The van der Waals surface area contributed by atoms with Gasteiger partial charge in [-0.05, 0) is 24.1 Å². The first kappa shape index (κ1) is 8.04. The highest BCUT2D eigenvalue weighted by atomic mass is 19.1. The third-order valence-electron chi connectivity index (χ3n) is 2.30. The van der Waals surface area contributed by atoms with Gasteiger partial charge in [-0.25, -0.2) is 4.39 Å². The summed E-state index contributed by atoms with van der Waals surface area (Å²) in [4.78, 5) is 11.2. The van der Waals surface area contributed by atoms with Gasteiger partial charge in [0, 0.05) is 6.54 Å². The summed E-state index contributed by atoms with van der Waals surface area (Å²) in [6.07, 6.45) is 0. The van der Waals surface area contributed by atoms with E-state index in [9.17, 15) is 9.18 Å². The van der Waals surface area contributed by atoms with Crippen molar-refractivity contribution in [3.63, 3.8) is 0 Å². The quantitative estimate of drug-likeness (QED) is 0.584. The first-order valence-corrected chi connectivity index (χ1v) is 3.97. The van der Waals surface area contributed by atoms with Crippen LogP contribution in [0.15, 0.2) is 6.07 Å². The molecule has 68 valence electrons. The molecule has 3 nitrogen and oxygen atoms in total. The van der Waals surface area contributed by atoms with Crippen molar-refractivity contribution in [1.82, 2.24) is 5.32 Å². The van der Waals surface area contributed by atoms with Crippen LogP contribution in [0, 0.1) is 12.7 Å². The van der Waals surface area contributed by atoms with E-state index in [1.165, 1.54) is 6.07 Å². The number of halogens is 1. The van der Waals surface area contributed by atoms with Crippen molar-refractivity contribution in [2.24, 2.45) is 0 Å². The highest BCUT2D eigenvalue weighted by Crippen LogP contribution is 2.27. The van der Waals surface area contributed by atoms with Crippen molar-refractivity contribution in [3.8, 4) is 0 Å². The van der Waals surface area contributed by atoms with Gasteiger partial charge in [-0.3, -0.25) is 4.79 Å². The van der Waals surface area contributed by atoms with Gasteiger partial charge >= 0.3 is 0 Å². The first-order valence-electron chi connectivity index (χ1n) is 3.97. The van der Waals surface area contributed by atoms with E-state index in [1.807, 2.05) is 0 Å². The van der Waals surface area contributed by atoms with Gasteiger partial charge in [0.15, 0.2) is 0 Å². The van der Waals surface area contributed by atoms with Crippen LogP contribution in [0.2, 0.25) is 0 Å². The molecule has 1 aliphatic rings. The minimum atomic E-state index is -0.520. The fraction of sp³-hybridized carbons (Fsp3) is 0.222. The SMILES string of the molecule is Cc1cc(F)c(N)c2c1CNC2=O. The molecule has 1 aliphatic heterocycles. The molecule has 2 rings (SSSR count). The third-order valence-corrected chi connectivity index (χ3v) is 2.30. The Balaban J connectivity index is 2.77. The van der Waals surface area contributed by atoms with Gasteiger partial charge in [0.1, 0.15) is 5.82 Å². The van der Waals surface area contributed by atoms with E-state index in [-0.39, 0.29) is 11.6 Å². The van der Waals surface area contributed by atoms with Gasteiger partial charge in [0.2, 0.25) is 0 Å². The van der Waals surface area contributed by atoms with Crippen LogP contribution in [-0.2, 0) is 6.54 Å². The molecule has 0 radical (unpaired) electrons. The zero-order chi connectivity index (χ0) is 9.59. The number of benzene rings is 1. The number of nitrogens with two attached hydrogens (primary N) is 1. The van der Waals surface area contributed by atoms with E-state index in [0.29, 0.717) is 12.1 Å². The summed E-state index contributed by atoms with van der Waals surface area (Å²) in [7, 11) is 0. The number of nitrogens with one attached hydrogen (secondary N) is 1. The standard InChI is InChI=1S/C9H9FN2O/c1-4-2-6(10)8(11)7-5(4)3-12-9(7)13/h2H,3,11H2,1H3,(H,12,13). The lowest BCUT2D eigenvalue weighted by Gasteiger charge is -2.05. The molecule has 1 amide bonds. The Hall–Kier alpha value is -1.58. The Morgan fingerprint density at radius 3 is 3.00 bits per heavy atom. The zero-order valence-corrected chi connectivity index (χ0v) is 7.15. The van der Waals surface area contributed by atoms with Crippen molar-refractivity contribution in [2.45, 2.75) is 13.5 Å². The molecule has 0 unspecified atom stereocenters.